The molecule has 0 unspecified atom stereocenters. The molecule has 0 saturated carbocycles. The predicted molar refractivity (Wildman–Crippen MR) is 154 cm³/mol. The van der Waals surface area contributed by atoms with Gasteiger partial charge < -0.3 is 15.5 Å². The van der Waals surface area contributed by atoms with Gasteiger partial charge in [0, 0.05) is 23.2 Å². The topological polar surface area (TPSA) is 103 Å². The molecule has 41 heavy (non-hydrogen) atoms. The zero-order valence-corrected chi connectivity index (χ0v) is 22.5. The lowest BCUT2D eigenvalue weighted by atomic mass is 10.1. The van der Waals surface area contributed by atoms with Crippen LogP contribution in [0.2, 0.25) is 0 Å². The van der Waals surface area contributed by atoms with Crippen molar-refractivity contribution in [2.45, 2.75) is 19.3 Å². The second-order valence-corrected chi connectivity index (χ2v) is 10.9. The Balaban J connectivity index is 1.24. The fourth-order valence-electron chi connectivity index (χ4n) is 4.67. The summed E-state index contributed by atoms with van der Waals surface area (Å²) in [7, 11) is 0. The van der Waals surface area contributed by atoms with Crippen LogP contribution in [-0.4, -0.2) is 40.1 Å². The molecule has 2 aromatic carbocycles. The fourth-order valence-corrected chi connectivity index (χ4v) is 5.63. The molecule has 8 nitrogen and oxygen atoms in total. The van der Waals surface area contributed by atoms with Crippen LogP contribution in [0, 0.1) is 12.7 Å². The van der Waals surface area contributed by atoms with E-state index in [1.807, 2.05) is 24.3 Å². The maximum atomic E-state index is 15.8. The van der Waals surface area contributed by atoms with Crippen LogP contribution in [0.25, 0.3) is 21.3 Å². The molecule has 0 spiro atoms. The summed E-state index contributed by atoms with van der Waals surface area (Å²) in [5.74, 6) is -3.57. The van der Waals surface area contributed by atoms with Crippen molar-refractivity contribution in [1.82, 2.24) is 15.2 Å². The number of pyridine rings is 1. The Morgan fingerprint density at radius 1 is 1.12 bits per heavy atom. The van der Waals surface area contributed by atoms with Crippen LogP contribution >= 0.6 is 11.3 Å². The van der Waals surface area contributed by atoms with Crippen molar-refractivity contribution < 1.29 is 18.0 Å². The van der Waals surface area contributed by atoms with E-state index in [9.17, 15) is 18.4 Å². The molecule has 5 aromatic rings. The molecule has 208 valence electrons. The molecule has 1 aliphatic rings. The number of benzene rings is 2. The van der Waals surface area contributed by atoms with Crippen molar-refractivity contribution in [3.8, 4) is 11.3 Å². The summed E-state index contributed by atoms with van der Waals surface area (Å²) in [4.78, 5) is 31.7. The Morgan fingerprint density at radius 3 is 2.68 bits per heavy atom. The minimum atomic E-state index is -2.73. The molecular formula is C29H23F3N6O2S. The van der Waals surface area contributed by atoms with E-state index in [1.165, 1.54) is 29.7 Å². The van der Waals surface area contributed by atoms with Crippen LogP contribution in [-0.2, 0) is 0 Å². The van der Waals surface area contributed by atoms with Gasteiger partial charge in [0.15, 0.2) is 5.82 Å². The minimum Gasteiger partial charge on any atom is -0.364 e. The smallest absolute Gasteiger partial charge is 0.287 e. The summed E-state index contributed by atoms with van der Waals surface area (Å²) in [6, 6.07) is 17.1. The number of aryl methyl sites for hydroxylation is 1. The van der Waals surface area contributed by atoms with E-state index in [1.54, 1.807) is 36.1 Å². The highest BCUT2D eigenvalue weighted by Crippen LogP contribution is 2.33. The lowest BCUT2D eigenvalue weighted by Gasteiger charge is -2.18. The van der Waals surface area contributed by atoms with Gasteiger partial charge in [-0.05, 0) is 54.3 Å². The summed E-state index contributed by atoms with van der Waals surface area (Å²) in [5.41, 5.74) is 0.755. The first-order valence-corrected chi connectivity index (χ1v) is 13.5. The Hall–Kier alpha value is -4.71. The monoisotopic (exact) mass is 576 g/mol. The van der Waals surface area contributed by atoms with Crippen molar-refractivity contribution in [3.05, 3.63) is 93.5 Å². The standard InChI is InChI=1S/C29H23F3N6O2S/c1-16-6-8-19(25(30)26(16)35-28(40)23-12-17-4-2-3-5-22(17)41-23)20-13-21(27(39)37-36-20)34-24-9-7-18(14-33-24)38-11-10-29(31,32)15-38/h2-9,12-14H,10-11,15H2,1H3,(H,35,40)(H,37,39)(H,33,34,36). The van der Waals surface area contributed by atoms with Crippen molar-refractivity contribution in [1.29, 1.82) is 0 Å². The van der Waals surface area contributed by atoms with E-state index >= 15 is 4.39 Å². The number of alkyl halides is 2. The van der Waals surface area contributed by atoms with E-state index in [-0.39, 0.29) is 42.1 Å². The molecule has 6 rings (SSSR count). The summed E-state index contributed by atoms with van der Waals surface area (Å²) >= 11 is 1.31. The van der Waals surface area contributed by atoms with Crippen LogP contribution in [0.1, 0.15) is 21.7 Å². The number of anilines is 4. The molecular weight excluding hydrogens is 553 g/mol. The number of nitrogens with zero attached hydrogens (tertiary/aromatic N) is 3. The molecule has 4 heterocycles. The number of carbonyl (C=O) groups is 1. The fraction of sp³-hybridized carbons (Fsp3) is 0.172. The third-order valence-electron chi connectivity index (χ3n) is 6.86. The maximum absolute atomic E-state index is 15.8. The van der Waals surface area contributed by atoms with Crippen LogP contribution in [0.5, 0.6) is 0 Å². The Morgan fingerprint density at radius 2 is 1.95 bits per heavy atom. The maximum Gasteiger partial charge on any atom is 0.287 e. The van der Waals surface area contributed by atoms with Crippen LogP contribution in [0.4, 0.5) is 36.1 Å². The lowest BCUT2D eigenvalue weighted by molar-refractivity contribution is 0.0257. The molecule has 12 heteroatoms. The number of hydrogen-bond donors (Lipinski definition) is 3. The van der Waals surface area contributed by atoms with Gasteiger partial charge in [0.1, 0.15) is 11.5 Å². The van der Waals surface area contributed by atoms with Gasteiger partial charge in [0.2, 0.25) is 0 Å². The molecule has 1 amide bonds. The van der Waals surface area contributed by atoms with Crippen LogP contribution in [0.3, 0.4) is 0 Å². The van der Waals surface area contributed by atoms with Crippen LogP contribution < -0.4 is 21.1 Å². The number of fused-ring (bicyclic) bond motifs is 1. The summed E-state index contributed by atoms with van der Waals surface area (Å²) in [6.07, 6.45) is 1.24. The molecule has 0 atom stereocenters. The van der Waals surface area contributed by atoms with E-state index in [2.05, 4.69) is 25.8 Å². The normalized spacial score (nSPS) is 14.4. The van der Waals surface area contributed by atoms with E-state index in [0.717, 1.165) is 10.1 Å². The number of aromatic amines is 1. The number of H-pyrrole nitrogens is 1. The molecule has 3 N–H and O–H groups in total. The highest BCUT2D eigenvalue weighted by Gasteiger charge is 2.38. The first-order valence-electron chi connectivity index (χ1n) is 12.7. The highest BCUT2D eigenvalue weighted by molar-refractivity contribution is 7.20. The van der Waals surface area contributed by atoms with Crippen LogP contribution in [0.15, 0.2) is 71.7 Å². The molecule has 3 aromatic heterocycles. The van der Waals surface area contributed by atoms with Gasteiger partial charge in [-0.2, -0.15) is 5.10 Å². The summed E-state index contributed by atoms with van der Waals surface area (Å²) in [5, 5.41) is 12.8. The van der Waals surface area contributed by atoms with Gasteiger partial charge in [0.05, 0.1) is 34.7 Å². The number of thiophene rings is 1. The van der Waals surface area contributed by atoms with Gasteiger partial charge in [-0.1, -0.05) is 24.3 Å². The Labute approximate surface area is 235 Å². The van der Waals surface area contributed by atoms with Gasteiger partial charge in [-0.25, -0.2) is 23.3 Å². The number of hydrogen-bond acceptors (Lipinski definition) is 7. The number of nitrogens with one attached hydrogen (secondary N) is 3. The average molecular weight is 577 g/mol. The lowest BCUT2D eigenvalue weighted by Crippen LogP contribution is -2.24. The zero-order chi connectivity index (χ0) is 28.7. The number of aromatic nitrogens is 3. The molecule has 1 aliphatic heterocycles. The van der Waals surface area contributed by atoms with E-state index in [0.29, 0.717) is 21.9 Å². The molecule has 0 radical (unpaired) electrons. The van der Waals surface area contributed by atoms with Crippen molar-refractivity contribution in [3.63, 3.8) is 0 Å². The molecule has 0 aliphatic carbocycles. The Bertz CT molecular complexity index is 1800. The van der Waals surface area contributed by atoms with Crippen molar-refractivity contribution in [2.75, 3.05) is 28.6 Å². The van der Waals surface area contributed by atoms with Crippen molar-refractivity contribution >= 4 is 50.2 Å². The summed E-state index contributed by atoms with van der Waals surface area (Å²) < 4.78 is 43.8. The predicted octanol–water partition coefficient (Wildman–Crippen LogP) is 6.34. The molecule has 1 saturated heterocycles. The van der Waals surface area contributed by atoms with Crippen molar-refractivity contribution in [2.24, 2.45) is 0 Å². The SMILES string of the molecule is Cc1ccc(-c2cc(Nc3ccc(N4CCC(F)(F)C4)cn3)c(=O)[nH]n2)c(F)c1NC(=O)c1cc2ccccc2s1. The largest absolute Gasteiger partial charge is 0.364 e. The zero-order valence-electron chi connectivity index (χ0n) is 21.7. The third-order valence-corrected chi connectivity index (χ3v) is 7.98. The minimum absolute atomic E-state index is 0.0113. The number of amides is 1. The highest BCUT2D eigenvalue weighted by atomic mass is 32.1. The third kappa shape index (κ3) is 5.38. The number of halogens is 3. The molecule has 0 bridgehead atoms. The van der Waals surface area contributed by atoms with Gasteiger partial charge in [0.25, 0.3) is 17.4 Å². The van der Waals surface area contributed by atoms with E-state index < -0.39 is 23.2 Å². The molecule has 1 fully saturated rings. The number of rotatable bonds is 6. The second-order valence-electron chi connectivity index (χ2n) is 9.77. The average Bonchev–Trinajstić information content (AvgIpc) is 3.56. The van der Waals surface area contributed by atoms with Gasteiger partial charge in [-0.15, -0.1) is 11.3 Å². The van der Waals surface area contributed by atoms with E-state index in [4.69, 9.17) is 0 Å². The van der Waals surface area contributed by atoms with Gasteiger partial charge in [-0.3, -0.25) is 9.59 Å². The quantitative estimate of drug-likeness (QED) is 0.218. The Kier molecular flexibility index (Phi) is 6.70. The first kappa shape index (κ1) is 26.5. The summed E-state index contributed by atoms with van der Waals surface area (Å²) in [6.45, 7) is 1.53. The number of carbonyl (C=O) groups excluding carboxylic acids is 1. The first-order chi connectivity index (χ1) is 19.7. The van der Waals surface area contributed by atoms with Gasteiger partial charge >= 0.3 is 0 Å². The second kappa shape index (κ2) is 10.4.